The van der Waals surface area contributed by atoms with Crippen molar-refractivity contribution in [1.29, 1.82) is 0 Å². The molecule has 0 radical (unpaired) electrons. The number of nitrogens with one attached hydrogen (secondary N) is 1. The maximum absolute atomic E-state index is 12.4. The first-order valence-electron chi connectivity index (χ1n) is 7.52. The highest BCUT2D eigenvalue weighted by Crippen LogP contribution is 2.26. The first kappa shape index (κ1) is 15.2. The lowest BCUT2D eigenvalue weighted by Crippen LogP contribution is -2.32. The number of benzene rings is 1. The molecule has 23 heavy (non-hydrogen) atoms. The lowest BCUT2D eigenvalue weighted by atomic mass is 9.89. The van der Waals surface area contributed by atoms with E-state index in [1.54, 1.807) is 12.2 Å². The number of aryl methyl sites for hydroxylation is 2. The SMILES string of the molecule is CC1=CC(=O)NC2=CC(=NC(=O)c3cc(C)cc(C)c3)C=CC12. The molecule has 116 valence electrons. The fourth-order valence-electron chi connectivity index (χ4n) is 2.93. The van der Waals surface area contributed by atoms with Crippen molar-refractivity contribution in [1.82, 2.24) is 5.32 Å². The van der Waals surface area contributed by atoms with Gasteiger partial charge in [0.15, 0.2) is 0 Å². The minimum atomic E-state index is -0.277. The summed E-state index contributed by atoms with van der Waals surface area (Å²) in [6.07, 6.45) is 7.13. The predicted molar refractivity (Wildman–Crippen MR) is 90.3 cm³/mol. The average Bonchev–Trinajstić information content (AvgIpc) is 2.45. The van der Waals surface area contributed by atoms with Crippen LogP contribution in [0, 0.1) is 19.8 Å². The van der Waals surface area contributed by atoms with Gasteiger partial charge in [0.05, 0.1) is 5.71 Å². The van der Waals surface area contributed by atoms with Gasteiger partial charge in [-0.1, -0.05) is 28.8 Å². The van der Waals surface area contributed by atoms with Crippen molar-refractivity contribution in [3.8, 4) is 0 Å². The highest BCUT2D eigenvalue weighted by atomic mass is 16.2. The molecular weight excluding hydrogens is 288 g/mol. The number of rotatable bonds is 1. The highest BCUT2D eigenvalue weighted by Gasteiger charge is 2.23. The topological polar surface area (TPSA) is 58.5 Å². The monoisotopic (exact) mass is 306 g/mol. The number of hydrogen-bond acceptors (Lipinski definition) is 2. The molecule has 0 spiro atoms. The summed E-state index contributed by atoms with van der Waals surface area (Å²) in [5.41, 5.74) is 4.95. The molecule has 3 rings (SSSR count). The van der Waals surface area contributed by atoms with Gasteiger partial charge >= 0.3 is 0 Å². The van der Waals surface area contributed by atoms with Crippen LogP contribution in [0.5, 0.6) is 0 Å². The Bertz CT molecular complexity index is 806. The Labute approximate surface area is 135 Å². The van der Waals surface area contributed by atoms with Crippen molar-refractivity contribution >= 4 is 17.5 Å². The van der Waals surface area contributed by atoms with Gasteiger partial charge in [0, 0.05) is 23.3 Å². The molecule has 0 saturated carbocycles. The first-order valence-corrected chi connectivity index (χ1v) is 7.52. The lowest BCUT2D eigenvalue weighted by Gasteiger charge is -2.25. The molecule has 2 aliphatic rings. The molecule has 4 nitrogen and oxygen atoms in total. The summed E-state index contributed by atoms with van der Waals surface area (Å²) in [4.78, 5) is 28.1. The van der Waals surface area contributed by atoms with Crippen LogP contribution in [-0.2, 0) is 4.79 Å². The third-order valence-corrected chi connectivity index (χ3v) is 3.91. The van der Waals surface area contributed by atoms with Crippen LogP contribution in [0.3, 0.4) is 0 Å². The van der Waals surface area contributed by atoms with Gasteiger partial charge in [0.1, 0.15) is 0 Å². The number of aliphatic imine (C=N–C) groups is 1. The zero-order valence-electron chi connectivity index (χ0n) is 13.4. The average molecular weight is 306 g/mol. The van der Waals surface area contributed by atoms with Crippen molar-refractivity contribution in [2.45, 2.75) is 20.8 Å². The number of allylic oxidation sites excluding steroid dienone is 3. The Balaban J connectivity index is 1.89. The van der Waals surface area contributed by atoms with E-state index in [0.717, 1.165) is 22.4 Å². The summed E-state index contributed by atoms with van der Waals surface area (Å²) in [5, 5.41) is 2.81. The summed E-state index contributed by atoms with van der Waals surface area (Å²) in [7, 11) is 0. The van der Waals surface area contributed by atoms with Crippen LogP contribution in [0.4, 0.5) is 0 Å². The second-order valence-corrected chi connectivity index (χ2v) is 6.03. The molecule has 2 amide bonds. The molecule has 1 aliphatic carbocycles. The number of fused-ring (bicyclic) bond motifs is 1. The van der Waals surface area contributed by atoms with Crippen molar-refractivity contribution in [3.05, 3.63) is 70.5 Å². The molecule has 0 fully saturated rings. The maximum Gasteiger partial charge on any atom is 0.277 e. The maximum atomic E-state index is 12.4. The second kappa shape index (κ2) is 5.80. The van der Waals surface area contributed by atoms with E-state index in [-0.39, 0.29) is 17.7 Å². The molecule has 4 heteroatoms. The van der Waals surface area contributed by atoms with Crippen LogP contribution >= 0.6 is 0 Å². The molecule has 1 aliphatic heterocycles. The van der Waals surface area contributed by atoms with E-state index in [4.69, 9.17) is 0 Å². The quantitative estimate of drug-likeness (QED) is 0.867. The van der Waals surface area contributed by atoms with E-state index in [2.05, 4.69) is 10.3 Å². The molecule has 0 saturated heterocycles. The molecule has 0 bridgehead atoms. The van der Waals surface area contributed by atoms with Crippen LogP contribution in [0.25, 0.3) is 0 Å². The van der Waals surface area contributed by atoms with E-state index >= 15 is 0 Å². The number of nitrogens with zero attached hydrogens (tertiary/aromatic N) is 1. The fourth-order valence-corrected chi connectivity index (χ4v) is 2.93. The Kier molecular flexibility index (Phi) is 3.82. The molecule has 1 atom stereocenters. The van der Waals surface area contributed by atoms with Crippen molar-refractivity contribution < 1.29 is 9.59 Å². The van der Waals surface area contributed by atoms with Crippen LogP contribution in [-0.4, -0.2) is 17.5 Å². The number of amides is 2. The van der Waals surface area contributed by atoms with Gasteiger partial charge in [0.25, 0.3) is 5.91 Å². The Hall–Kier alpha value is -2.75. The fraction of sp³-hybridized carbons (Fsp3) is 0.211. The molecule has 1 aromatic rings. The number of carbonyl (C=O) groups is 2. The Morgan fingerprint density at radius 1 is 1.09 bits per heavy atom. The van der Waals surface area contributed by atoms with Gasteiger partial charge in [-0.15, -0.1) is 0 Å². The van der Waals surface area contributed by atoms with Crippen LogP contribution in [0.2, 0.25) is 0 Å². The van der Waals surface area contributed by atoms with E-state index in [1.165, 1.54) is 0 Å². The molecule has 1 aromatic carbocycles. The minimum Gasteiger partial charge on any atom is -0.325 e. The molecular formula is C19H18N2O2. The number of hydrogen-bond donors (Lipinski definition) is 1. The highest BCUT2D eigenvalue weighted by molar-refractivity contribution is 6.14. The van der Waals surface area contributed by atoms with E-state index in [9.17, 15) is 9.59 Å². The van der Waals surface area contributed by atoms with Gasteiger partial charge in [-0.05, 0) is 45.1 Å². The third kappa shape index (κ3) is 3.21. The first-order chi connectivity index (χ1) is 10.9. The Morgan fingerprint density at radius 2 is 1.78 bits per heavy atom. The third-order valence-electron chi connectivity index (χ3n) is 3.91. The molecule has 1 N–H and O–H groups in total. The summed E-state index contributed by atoms with van der Waals surface area (Å²) in [6, 6.07) is 5.68. The van der Waals surface area contributed by atoms with Gasteiger partial charge < -0.3 is 5.32 Å². The van der Waals surface area contributed by atoms with E-state index in [1.807, 2.05) is 51.1 Å². The molecule has 0 aromatic heterocycles. The summed E-state index contributed by atoms with van der Waals surface area (Å²) < 4.78 is 0. The van der Waals surface area contributed by atoms with Gasteiger partial charge in [0.2, 0.25) is 5.91 Å². The summed E-state index contributed by atoms with van der Waals surface area (Å²) in [6.45, 7) is 5.83. The molecule has 1 unspecified atom stereocenters. The van der Waals surface area contributed by atoms with Crippen LogP contribution in [0.1, 0.15) is 28.4 Å². The van der Waals surface area contributed by atoms with Crippen molar-refractivity contribution in [2.24, 2.45) is 10.9 Å². The standard InChI is InChI=1S/C19H18N2O2/c1-11-6-12(2)8-14(7-11)19(23)20-15-4-5-16-13(3)9-18(22)21-17(16)10-15/h4-10,16H,1-3H3,(H,21,22). The normalized spacial score (nSPS) is 21.4. The van der Waals surface area contributed by atoms with Crippen LogP contribution < -0.4 is 5.32 Å². The van der Waals surface area contributed by atoms with Crippen molar-refractivity contribution in [2.75, 3.05) is 0 Å². The van der Waals surface area contributed by atoms with Gasteiger partial charge in [-0.3, -0.25) is 9.59 Å². The smallest absolute Gasteiger partial charge is 0.277 e. The minimum absolute atomic E-state index is 0.0583. The van der Waals surface area contributed by atoms with Gasteiger partial charge in [-0.25, -0.2) is 4.99 Å². The van der Waals surface area contributed by atoms with Crippen LogP contribution in [0.15, 0.2) is 58.8 Å². The van der Waals surface area contributed by atoms with Gasteiger partial charge in [-0.2, -0.15) is 0 Å². The zero-order chi connectivity index (χ0) is 16.6. The summed E-state index contributed by atoms with van der Waals surface area (Å²) >= 11 is 0. The molecule has 1 heterocycles. The second-order valence-electron chi connectivity index (χ2n) is 6.03. The number of carbonyl (C=O) groups excluding carboxylic acids is 2. The van der Waals surface area contributed by atoms with Crippen molar-refractivity contribution in [3.63, 3.8) is 0 Å². The predicted octanol–water partition coefficient (Wildman–Crippen LogP) is 3.03. The largest absolute Gasteiger partial charge is 0.325 e. The Morgan fingerprint density at radius 3 is 2.48 bits per heavy atom. The zero-order valence-corrected chi connectivity index (χ0v) is 13.4. The van der Waals surface area contributed by atoms with E-state index in [0.29, 0.717) is 11.3 Å². The van der Waals surface area contributed by atoms with E-state index < -0.39 is 0 Å². The summed E-state index contributed by atoms with van der Waals surface area (Å²) in [5.74, 6) is -0.357. The lowest BCUT2D eigenvalue weighted by molar-refractivity contribution is -0.116.